The first-order valence-corrected chi connectivity index (χ1v) is 12.2. The largest absolute Gasteiger partial charge is 0.488 e. The molecule has 0 aliphatic heterocycles. The Hall–Kier alpha value is -3.45. The summed E-state index contributed by atoms with van der Waals surface area (Å²) in [6.07, 6.45) is 1.67. The Morgan fingerprint density at radius 2 is 1.80 bits per heavy atom. The van der Waals surface area contributed by atoms with Crippen LogP contribution >= 0.6 is 15.9 Å². The molecule has 0 N–H and O–H groups in total. The van der Waals surface area contributed by atoms with E-state index in [1.165, 1.54) is 4.68 Å². The van der Waals surface area contributed by atoms with Gasteiger partial charge in [-0.05, 0) is 35.9 Å². The van der Waals surface area contributed by atoms with Crippen molar-refractivity contribution in [3.63, 3.8) is 0 Å². The lowest BCUT2D eigenvalue weighted by Crippen LogP contribution is -2.29. The number of benzene rings is 3. The first-order valence-electron chi connectivity index (χ1n) is 11.4. The lowest BCUT2D eigenvalue weighted by Gasteiger charge is -2.21. The van der Waals surface area contributed by atoms with Gasteiger partial charge in [0.1, 0.15) is 18.2 Å². The Morgan fingerprint density at radius 1 is 1.06 bits per heavy atom. The van der Waals surface area contributed by atoms with Crippen molar-refractivity contribution in [3.8, 4) is 5.75 Å². The molecule has 0 unspecified atom stereocenters. The number of fused-ring (bicyclic) bond motifs is 1. The minimum atomic E-state index is -0.390. The molecule has 0 atom stereocenters. The highest BCUT2D eigenvalue weighted by atomic mass is 79.9. The van der Waals surface area contributed by atoms with E-state index >= 15 is 0 Å². The molecule has 0 bridgehead atoms. The van der Waals surface area contributed by atoms with Gasteiger partial charge >= 0.3 is 0 Å². The normalized spacial score (nSPS) is 11.8. The Balaban J connectivity index is 1.79. The van der Waals surface area contributed by atoms with Crippen molar-refractivity contribution >= 4 is 38.7 Å². The van der Waals surface area contributed by atoms with Gasteiger partial charge in [-0.25, -0.2) is 4.98 Å². The van der Waals surface area contributed by atoms with E-state index in [1.54, 1.807) is 12.3 Å². The number of hydrogen-bond acceptors (Lipinski definition) is 5. The maximum absolute atomic E-state index is 13.5. The van der Waals surface area contributed by atoms with Gasteiger partial charge in [0.25, 0.3) is 5.56 Å². The molecule has 180 valence electrons. The van der Waals surface area contributed by atoms with Gasteiger partial charge in [-0.3, -0.25) is 4.79 Å². The van der Waals surface area contributed by atoms with E-state index in [9.17, 15) is 4.79 Å². The monoisotopic (exact) mass is 532 g/mol. The smallest absolute Gasteiger partial charge is 0.282 e. The molecule has 0 aliphatic rings. The van der Waals surface area contributed by atoms with Crippen molar-refractivity contribution in [3.05, 3.63) is 98.5 Å². The second-order valence-corrected chi connectivity index (χ2v) is 10.5. The van der Waals surface area contributed by atoms with Gasteiger partial charge in [0.05, 0.1) is 17.1 Å². The Bertz CT molecular complexity index is 1440. The van der Waals surface area contributed by atoms with E-state index in [1.807, 2.05) is 100 Å². The zero-order chi connectivity index (χ0) is 25.2. The van der Waals surface area contributed by atoms with Crippen molar-refractivity contribution in [2.45, 2.75) is 32.8 Å². The fourth-order valence-corrected chi connectivity index (χ4v) is 3.99. The lowest BCUT2D eigenvalue weighted by atomic mass is 9.95. The minimum Gasteiger partial charge on any atom is -0.488 e. The maximum Gasteiger partial charge on any atom is 0.282 e. The van der Waals surface area contributed by atoms with E-state index < -0.39 is 0 Å². The van der Waals surface area contributed by atoms with Gasteiger partial charge in [-0.2, -0.15) is 9.78 Å². The van der Waals surface area contributed by atoms with Crippen LogP contribution in [0, 0.1) is 0 Å². The first-order chi connectivity index (χ1) is 16.6. The second-order valence-electron chi connectivity index (χ2n) is 9.60. The molecule has 0 fully saturated rings. The highest BCUT2D eigenvalue weighted by Gasteiger charge is 2.23. The zero-order valence-corrected chi connectivity index (χ0v) is 22.2. The Kier molecular flexibility index (Phi) is 7.08. The summed E-state index contributed by atoms with van der Waals surface area (Å²) in [6.45, 7) is 6.49. The summed E-state index contributed by atoms with van der Waals surface area (Å²) < 4.78 is 8.41. The fourth-order valence-electron chi connectivity index (χ4n) is 3.63. The molecule has 0 saturated heterocycles. The minimum absolute atomic E-state index is 0.214. The predicted molar refractivity (Wildman–Crippen MR) is 147 cm³/mol. The molecular formula is C28H29BrN4O2. The number of anilines is 1. The van der Waals surface area contributed by atoms with Gasteiger partial charge in [-0.1, -0.05) is 67.0 Å². The number of nitrogens with zero attached hydrogens (tertiary/aromatic N) is 4. The summed E-state index contributed by atoms with van der Waals surface area (Å²) in [5.41, 5.74) is 2.90. The van der Waals surface area contributed by atoms with E-state index in [-0.39, 0.29) is 11.0 Å². The average Bonchev–Trinajstić information content (AvgIpc) is 2.82. The lowest BCUT2D eigenvalue weighted by molar-refractivity contribution is 0.306. The number of rotatable bonds is 6. The summed E-state index contributed by atoms with van der Waals surface area (Å²) >= 11 is 3.45. The SMILES string of the molecule is CN(C)c1ccc(C=Nn2c(C(C)(C)C)nc3ccc(Br)cc3c2=O)c(OCc2ccccc2)c1. The standard InChI is InChI=1S/C28H29BrN4O2/c1-28(2,3)27-31-24-14-12-21(29)15-23(24)26(34)33(27)30-17-20-11-13-22(32(4)5)16-25(20)35-18-19-9-7-6-8-10-19/h6-17H,18H2,1-5H3. The maximum atomic E-state index is 13.5. The van der Waals surface area contributed by atoms with Crippen LogP contribution < -0.4 is 15.2 Å². The molecule has 1 heterocycles. The molecule has 3 aromatic carbocycles. The summed E-state index contributed by atoms with van der Waals surface area (Å²) in [5.74, 6) is 1.27. The first kappa shape index (κ1) is 24.7. The third kappa shape index (κ3) is 5.62. The van der Waals surface area contributed by atoms with Crippen molar-refractivity contribution in [1.29, 1.82) is 0 Å². The second kappa shape index (κ2) is 10.0. The summed E-state index contributed by atoms with van der Waals surface area (Å²) in [6, 6.07) is 21.5. The highest BCUT2D eigenvalue weighted by Crippen LogP contribution is 2.26. The number of ether oxygens (including phenoxy) is 1. The quantitative estimate of drug-likeness (QED) is 0.286. The van der Waals surface area contributed by atoms with Crippen molar-refractivity contribution in [2.24, 2.45) is 5.10 Å². The average molecular weight is 533 g/mol. The molecule has 7 heteroatoms. The van der Waals surface area contributed by atoms with Gasteiger partial charge in [-0.15, -0.1) is 0 Å². The van der Waals surface area contributed by atoms with Crippen LogP contribution in [0.4, 0.5) is 5.69 Å². The third-order valence-corrected chi connectivity index (χ3v) is 6.04. The van der Waals surface area contributed by atoms with Crippen molar-refractivity contribution < 1.29 is 4.74 Å². The zero-order valence-electron chi connectivity index (χ0n) is 20.6. The fraction of sp³-hybridized carbons (Fsp3) is 0.250. The molecule has 0 spiro atoms. The van der Waals surface area contributed by atoms with Crippen molar-refractivity contribution in [2.75, 3.05) is 19.0 Å². The number of halogens is 1. The Labute approximate surface area is 214 Å². The molecule has 0 aliphatic carbocycles. The van der Waals surface area contributed by atoms with E-state index in [2.05, 4.69) is 21.0 Å². The topological polar surface area (TPSA) is 59.7 Å². The van der Waals surface area contributed by atoms with Crippen LogP contribution in [0.15, 0.2) is 81.1 Å². The molecule has 0 amide bonds. The van der Waals surface area contributed by atoms with Crippen LogP contribution in [0.2, 0.25) is 0 Å². The van der Waals surface area contributed by atoms with Crippen LogP contribution in [0.3, 0.4) is 0 Å². The van der Waals surface area contributed by atoms with Gasteiger partial charge in [0.15, 0.2) is 0 Å². The van der Waals surface area contributed by atoms with Crippen LogP contribution in [-0.2, 0) is 12.0 Å². The van der Waals surface area contributed by atoms with Crippen LogP contribution in [0.25, 0.3) is 10.9 Å². The Morgan fingerprint density at radius 3 is 2.49 bits per heavy atom. The van der Waals surface area contributed by atoms with Gasteiger partial charge in [0.2, 0.25) is 0 Å². The van der Waals surface area contributed by atoms with E-state index in [0.717, 1.165) is 21.3 Å². The van der Waals surface area contributed by atoms with Crippen LogP contribution in [0.5, 0.6) is 5.75 Å². The molecule has 35 heavy (non-hydrogen) atoms. The molecule has 1 aromatic heterocycles. The summed E-state index contributed by atoms with van der Waals surface area (Å²) in [7, 11) is 3.97. The van der Waals surface area contributed by atoms with Crippen LogP contribution in [-0.4, -0.2) is 30.0 Å². The summed E-state index contributed by atoms with van der Waals surface area (Å²) in [5, 5.41) is 5.13. The summed E-state index contributed by atoms with van der Waals surface area (Å²) in [4.78, 5) is 20.3. The third-order valence-electron chi connectivity index (χ3n) is 5.54. The molecule has 0 saturated carbocycles. The van der Waals surface area contributed by atoms with Gasteiger partial charge < -0.3 is 9.64 Å². The van der Waals surface area contributed by atoms with E-state index in [0.29, 0.717) is 29.1 Å². The molecule has 6 nitrogen and oxygen atoms in total. The molecule has 4 aromatic rings. The molecule has 4 rings (SSSR count). The number of aromatic nitrogens is 2. The highest BCUT2D eigenvalue weighted by molar-refractivity contribution is 9.10. The van der Waals surface area contributed by atoms with Crippen LogP contribution in [0.1, 0.15) is 37.7 Å². The van der Waals surface area contributed by atoms with Gasteiger partial charge in [0, 0.05) is 41.3 Å². The predicted octanol–water partition coefficient (Wildman–Crippen LogP) is 5.98. The molecule has 0 radical (unpaired) electrons. The number of hydrogen-bond donors (Lipinski definition) is 0. The molecular weight excluding hydrogens is 504 g/mol. The van der Waals surface area contributed by atoms with E-state index in [4.69, 9.17) is 9.72 Å². The van der Waals surface area contributed by atoms with Crippen molar-refractivity contribution in [1.82, 2.24) is 9.66 Å².